The van der Waals surface area contributed by atoms with Crippen molar-refractivity contribution in [3.63, 3.8) is 0 Å². The monoisotopic (exact) mass is 357 g/mol. The van der Waals surface area contributed by atoms with E-state index in [0.29, 0.717) is 6.04 Å². The van der Waals surface area contributed by atoms with Gasteiger partial charge in [-0.2, -0.15) is 0 Å². The fourth-order valence-electron chi connectivity index (χ4n) is 3.57. The lowest BCUT2D eigenvalue weighted by atomic mass is 9.95. The molecule has 1 aliphatic rings. The summed E-state index contributed by atoms with van der Waals surface area (Å²) in [5, 5.41) is 7.57. The van der Waals surface area contributed by atoms with Crippen LogP contribution in [0.4, 0.5) is 0 Å². The van der Waals surface area contributed by atoms with Gasteiger partial charge in [-0.05, 0) is 38.1 Å². The maximum atomic E-state index is 12.7. The Balaban J connectivity index is 1.69. The van der Waals surface area contributed by atoms with Crippen LogP contribution < -0.4 is 10.6 Å². The van der Waals surface area contributed by atoms with Gasteiger partial charge in [0, 0.05) is 11.6 Å². The van der Waals surface area contributed by atoms with Gasteiger partial charge in [-0.15, -0.1) is 11.3 Å². The molecule has 3 N–H and O–H groups in total. The van der Waals surface area contributed by atoms with Gasteiger partial charge in [0.2, 0.25) is 0 Å². The smallest absolute Gasteiger partial charge is 0.278 e. The van der Waals surface area contributed by atoms with Crippen LogP contribution in [0.5, 0.6) is 0 Å². The second-order valence-electron chi connectivity index (χ2n) is 7.23. The van der Waals surface area contributed by atoms with Crippen molar-refractivity contribution >= 4 is 17.2 Å². The first-order valence-corrected chi connectivity index (χ1v) is 10.3. The highest BCUT2D eigenvalue weighted by Gasteiger charge is 2.27. The van der Waals surface area contributed by atoms with Gasteiger partial charge >= 0.3 is 0 Å². The summed E-state index contributed by atoms with van der Waals surface area (Å²) in [6, 6.07) is 13.4. The molecular weight excluding hydrogens is 328 g/mol. The summed E-state index contributed by atoms with van der Waals surface area (Å²) in [6.45, 7) is 4.13. The number of carbonyl (C=O) groups is 1. The number of quaternary nitrogens is 1. The van der Waals surface area contributed by atoms with Crippen molar-refractivity contribution < 1.29 is 10.1 Å². The topological polar surface area (TPSA) is 45.7 Å². The maximum Gasteiger partial charge on any atom is 0.278 e. The highest BCUT2D eigenvalue weighted by Crippen LogP contribution is 2.23. The van der Waals surface area contributed by atoms with E-state index >= 15 is 0 Å². The van der Waals surface area contributed by atoms with E-state index in [1.165, 1.54) is 35.3 Å². The number of benzene rings is 1. The third kappa shape index (κ3) is 4.93. The molecule has 0 saturated heterocycles. The summed E-state index contributed by atoms with van der Waals surface area (Å²) in [4.78, 5) is 14.0. The van der Waals surface area contributed by atoms with Crippen molar-refractivity contribution in [2.45, 2.75) is 64.1 Å². The summed E-state index contributed by atoms with van der Waals surface area (Å²) in [6.07, 6.45) is 6.05. The molecule has 0 unspecified atom stereocenters. The molecule has 134 valence electrons. The molecule has 2 atom stereocenters. The van der Waals surface area contributed by atoms with E-state index in [0.717, 1.165) is 12.8 Å². The quantitative estimate of drug-likeness (QED) is 0.816. The number of nitrogens with two attached hydrogens (primary N) is 1. The Hall–Kier alpha value is -1.65. The number of hydrogen-bond acceptors (Lipinski definition) is 2. The first kappa shape index (κ1) is 18.2. The molecule has 1 aromatic carbocycles. The summed E-state index contributed by atoms with van der Waals surface area (Å²) in [5.41, 5.74) is 2.52. The van der Waals surface area contributed by atoms with Crippen LogP contribution >= 0.6 is 11.3 Å². The minimum atomic E-state index is -0.102. The first-order chi connectivity index (χ1) is 12.1. The minimum absolute atomic E-state index is 0.102. The summed E-state index contributed by atoms with van der Waals surface area (Å²) >= 11 is 1.76. The standard InChI is InChI=1S/C21H28N2OS/c1-15-10-12-17(13-11-15)20(19-9-6-14-25-19)22-16(2)21(24)23-18-7-4-3-5-8-18/h6,9-14,16,18,20,22H,3-5,7-8H2,1-2H3,(H,23,24)/p+1/t16-,20-/m1/s1. The highest BCUT2D eigenvalue weighted by atomic mass is 32.1. The van der Waals surface area contributed by atoms with Gasteiger partial charge in [0.1, 0.15) is 6.04 Å². The van der Waals surface area contributed by atoms with Crippen molar-refractivity contribution in [3.8, 4) is 0 Å². The van der Waals surface area contributed by atoms with E-state index in [4.69, 9.17) is 0 Å². The lowest BCUT2D eigenvalue weighted by Crippen LogP contribution is -2.92. The van der Waals surface area contributed by atoms with Crippen LogP contribution in [-0.4, -0.2) is 18.0 Å². The number of carbonyl (C=O) groups excluding carboxylic acids is 1. The molecule has 0 aliphatic heterocycles. The van der Waals surface area contributed by atoms with Gasteiger partial charge in [0.15, 0.2) is 6.04 Å². The van der Waals surface area contributed by atoms with Crippen LogP contribution in [0.25, 0.3) is 0 Å². The van der Waals surface area contributed by atoms with Gasteiger partial charge in [-0.1, -0.05) is 55.2 Å². The van der Waals surface area contributed by atoms with Crippen molar-refractivity contribution in [1.29, 1.82) is 0 Å². The van der Waals surface area contributed by atoms with Crippen LogP contribution in [-0.2, 0) is 4.79 Å². The third-order valence-electron chi connectivity index (χ3n) is 5.13. The predicted molar refractivity (Wildman–Crippen MR) is 104 cm³/mol. The van der Waals surface area contributed by atoms with Crippen LogP contribution in [0.3, 0.4) is 0 Å². The van der Waals surface area contributed by atoms with Crippen molar-refractivity contribution in [2.24, 2.45) is 0 Å². The fourth-order valence-corrected chi connectivity index (χ4v) is 4.40. The molecule has 1 amide bonds. The fraction of sp³-hybridized carbons (Fsp3) is 0.476. The number of thiophene rings is 1. The van der Waals surface area contributed by atoms with E-state index in [9.17, 15) is 4.79 Å². The Morgan fingerprint density at radius 1 is 1.16 bits per heavy atom. The lowest BCUT2D eigenvalue weighted by Gasteiger charge is -2.25. The van der Waals surface area contributed by atoms with Gasteiger partial charge < -0.3 is 10.6 Å². The molecule has 1 saturated carbocycles. The Morgan fingerprint density at radius 3 is 2.52 bits per heavy atom. The molecule has 2 aromatic rings. The van der Waals surface area contributed by atoms with Crippen molar-refractivity contribution in [1.82, 2.24) is 5.32 Å². The van der Waals surface area contributed by atoms with Gasteiger partial charge in [-0.3, -0.25) is 4.79 Å². The average Bonchev–Trinajstić information content (AvgIpc) is 3.15. The van der Waals surface area contributed by atoms with Crippen molar-refractivity contribution in [3.05, 3.63) is 57.8 Å². The zero-order valence-electron chi connectivity index (χ0n) is 15.2. The molecule has 0 radical (unpaired) electrons. The summed E-state index contributed by atoms with van der Waals surface area (Å²) in [7, 11) is 0. The number of nitrogens with one attached hydrogen (secondary N) is 1. The SMILES string of the molecule is Cc1ccc([C@@H]([NH2+][C@H](C)C(=O)NC2CCCCC2)c2cccs2)cc1. The van der Waals surface area contributed by atoms with E-state index in [-0.39, 0.29) is 18.0 Å². The molecule has 25 heavy (non-hydrogen) atoms. The van der Waals surface area contributed by atoms with Crippen LogP contribution in [0.15, 0.2) is 41.8 Å². The number of hydrogen-bond donors (Lipinski definition) is 2. The molecule has 3 nitrogen and oxygen atoms in total. The van der Waals surface area contributed by atoms with E-state index in [1.54, 1.807) is 11.3 Å². The zero-order chi connectivity index (χ0) is 17.6. The normalized spacial score (nSPS) is 17.8. The van der Waals surface area contributed by atoms with Crippen molar-refractivity contribution in [2.75, 3.05) is 0 Å². The molecule has 0 bridgehead atoms. The maximum absolute atomic E-state index is 12.7. The zero-order valence-corrected chi connectivity index (χ0v) is 16.0. The van der Waals surface area contributed by atoms with Gasteiger partial charge in [-0.25, -0.2) is 0 Å². The van der Waals surface area contributed by atoms with Gasteiger partial charge in [0.25, 0.3) is 5.91 Å². The molecule has 1 fully saturated rings. The Kier molecular flexibility index (Phi) is 6.27. The summed E-state index contributed by atoms with van der Waals surface area (Å²) < 4.78 is 0. The van der Waals surface area contributed by atoms with E-state index in [2.05, 4.69) is 59.3 Å². The lowest BCUT2D eigenvalue weighted by molar-refractivity contribution is -0.704. The molecule has 1 aromatic heterocycles. The number of aryl methyl sites for hydroxylation is 1. The number of amides is 1. The second kappa shape index (κ2) is 8.63. The Morgan fingerprint density at radius 2 is 1.88 bits per heavy atom. The predicted octanol–water partition coefficient (Wildman–Crippen LogP) is 3.55. The molecule has 1 aliphatic carbocycles. The molecule has 1 heterocycles. The average molecular weight is 358 g/mol. The Bertz CT molecular complexity index is 660. The highest BCUT2D eigenvalue weighted by molar-refractivity contribution is 7.10. The summed E-state index contributed by atoms with van der Waals surface area (Å²) in [5.74, 6) is 0.167. The van der Waals surface area contributed by atoms with Crippen LogP contribution in [0, 0.1) is 6.92 Å². The molecule has 4 heteroatoms. The second-order valence-corrected chi connectivity index (χ2v) is 8.21. The molecular formula is C21H29N2OS+. The number of rotatable bonds is 6. The van der Waals surface area contributed by atoms with E-state index < -0.39 is 0 Å². The van der Waals surface area contributed by atoms with E-state index in [1.807, 2.05) is 6.92 Å². The third-order valence-corrected chi connectivity index (χ3v) is 6.09. The first-order valence-electron chi connectivity index (χ1n) is 9.39. The van der Waals surface area contributed by atoms with Crippen LogP contribution in [0.1, 0.15) is 61.1 Å². The minimum Gasteiger partial charge on any atom is -0.348 e. The van der Waals surface area contributed by atoms with Gasteiger partial charge in [0.05, 0.1) is 4.88 Å². The Labute approximate surface area is 154 Å². The molecule has 3 rings (SSSR count). The molecule has 0 spiro atoms. The largest absolute Gasteiger partial charge is 0.348 e. The van der Waals surface area contributed by atoms with Crippen LogP contribution in [0.2, 0.25) is 0 Å².